The second-order valence-electron chi connectivity index (χ2n) is 17.1. The van der Waals surface area contributed by atoms with Gasteiger partial charge in [-0.1, -0.05) is 206 Å². The summed E-state index contributed by atoms with van der Waals surface area (Å²) in [6.45, 7) is 4.69. The number of carboxylic acid groups (broad SMARTS) is 1. The van der Waals surface area contributed by atoms with Gasteiger partial charge >= 0.3 is 5.97 Å². The van der Waals surface area contributed by atoms with Crippen LogP contribution in [0.5, 0.6) is 0 Å². The summed E-state index contributed by atoms with van der Waals surface area (Å²) < 4.78 is 0.302. The van der Waals surface area contributed by atoms with Crippen LogP contribution in [0.3, 0.4) is 0 Å². The first-order valence-corrected chi connectivity index (χ1v) is 22.8. The highest BCUT2D eigenvalue weighted by atomic mass is 16.4. The minimum absolute atomic E-state index is 0.00307. The molecule has 0 bridgehead atoms. The van der Waals surface area contributed by atoms with Crippen LogP contribution in [0.4, 0.5) is 0 Å². The summed E-state index contributed by atoms with van der Waals surface area (Å²) in [6, 6.07) is 0.00614. The van der Waals surface area contributed by atoms with Gasteiger partial charge in [-0.05, 0) is 25.7 Å². The Hall–Kier alpha value is -0.690. The molecule has 0 aliphatic rings. The zero-order chi connectivity index (χ0) is 37.8. The predicted octanol–water partition coefficient (Wildman–Crippen LogP) is 12.4. The minimum Gasteiger partial charge on any atom is -0.476 e. The van der Waals surface area contributed by atoms with Crippen molar-refractivity contribution in [1.82, 2.24) is 4.90 Å². The highest BCUT2D eigenvalue weighted by molar-refractivity contribution is 5.71. The Balaban J connectivity index is 4.73. The van der Waals surface area contributed by atoms with Crippen molar-refractivity contribution < 1.29 is 24.6 Å². The molecule has 0 aliphatic carbocycles. The van der Waals surface area contributed by atoms with Gasteiger partial charge in [0.25, 0.3) is 0 Å². The molecule has 3 unspecified atom stereocenters. The van der Waals surface area contributed by atoms with Gasteiger partial charge in [0.05, 0.1) is 21.1 Å². The van der Waals surface area contributed by atoms with Crippen LogP contribution in [0.15, 0.2) is 0 Å². The first-order chi connectivity index (χ1) is 24.7. The summed E-state index contributed by atoms with van der Waals surface area (Å²) in [5.41, 5.74) is 0. The number of aliphatic hydroxyl groups is 2. The van der Waals surface area contributed by atoms with Gasteiger partial charge in [0.1, 0.15) is 0 Å². The van der Waals surface area contributed by atoms with E-state index in [0.29, 0.717) is 17.3 Å². The van der Waals surface area contributed by atoms with Gasteiger partial charge in [0.15, 0.2) is 0 Å². The van der Waals surface area contributed by atoms with E-state index in [-0.39, 0.29) is 25.3 Å². The van der Waals surface area contributed by atoms with E-state index in [0.717, 1.165) is 25.7 Å². The number of carboxylic acids is 1. The second kappa shape index (κ2) is 36.3. The Bertz CT molecular complexity index is 683. The third-order valence-electron chi connectivity index (χ3n) is 11.3. The summed E-state index contributed by atoms with van der Waals surface area (Å²) in [7, 11) is 5.91. The molecule has 6 nitrogen and oxygen atoms in total. The fraction of sp³-hybridized carbons (Fsp3) is 0.978. The average molecular weight is 726 g/mol. The zero-order valence-electron chi connectivity index (χ0n) is 35.3. The minimum atomic E-state index is -0.804. The maximum atomic E-state index is 12.8. The van der Waals surface area contributed by atoms with Crippen LogP contribution in [0, 0.1) is 0 Å². The molecule has 306 valence electrons. The SMILES string of the molecule is CCCCCCCCCCCCCCCCCC(CCO)N(C(CCO)CCCCCCCCCCCCCCCCC)C(C(=O)O)[N+](C)(C)C. The van der Waals surface area contributed by atoms with Gasteiger partial charge in [-0.3, -0.25) is 0 Å². The number of hydrogen-bond acceptors (Lipinski definition) is 4. The van der Waals surface area contributed by atoms with E-state index in [1.54, 1.807) is 0 Å². The van der Waals surface area contributed by atoms with Crippen LogP contribution in [0.2, 0.25) is 0 Å². The lowest BCUT2D eigenvalue weighted by Gasteiger charge is -2.46. The Morgan fingerprint density at radius 2 is 0.667 bits per heavy atom. The molecule has 0 saturated carbocycles. The lowest BCUT2D eigenvalue weighted by molar-refractivity contribution is -0.900. The molecule has 6 heteroatoms. The lowest BCUT2D eigenvalue weighted by atomic mass is 9.95. The highest BCUT2D eigenvalue weighted by Gasteiger charge is 2.43. The Morgan fingerprint density at radius 3 is 0.863 bits per heavy atom. The topological polar surface area (TPSA) is 81.0 Å². The van der Waals surface area contributed by atoms with Gasteiger partial charge in [0, 0.05) is 25.3 Å². The van der Waals surface area contributed by atoms with Crippen molar-refractivity contribution in [2.75, 3.05) is 34.4 Å². The number of hydrogen-bond donors (Lipinski definition) is 3. The van der Waals surface area contributed by atoms with Crippen LogP contribution in [0.25, 0.3) is 0 Å². The largest absolute Gasteiger partial charge is 0.476 e. The summed E-state index contributed by atoms with van der Waals surface area (Å²) >= 11 is 0. The molecule has 0 aliphatic heterocycles. The first-order valence-electron chi connectivity index (χ1n) is 22.8. The molecule has 0 aromatic heterocycles. The molecule has 0 rings (SSSR count). The maximum absolute atomic E-state index is 12.8. The molecule has 3 atom stereocenters. The number of aliphatic hydroxyl groups excluding tert-OH is 2. The molecule has 0 spiro atoms. The molecule has 51 heavy (non-hydrogen) atoms. The molecule has 0 radical (unpaired) electrons. The molecule has 0 saturated heterocycles. The van der Waals surface area contributed by atoms with Gasteiger partial charge in [-0.2, -0.15) is 0 Å². The molecule has 0 amide bonds. The predicted molar refractivity (Wildman–Crippen MR) is 221 cm³/mol. The van der Waals surface area contributed by atoms with Crippen LogP contribution in [-0.4, -0.2) is 83.3 Å². The van der Waals surface area contributed by atoms with Crippen LogP contribution in [-0.2, 0) is 4.79 Å². The molecule has 0 heterocycles. The van der Waals surface area contributed by atoms with Crippen molar-refractivity contribution >= 4 is 5.97 Å². The molecule has 0 aromatic rings. The van der Waals surface area contributed by atoms with Crippen molar-refractivity contribution in [2.24, 2.45) is 0 Å². The third kappa shape index (κ3) is 29.4. The summed E-state index contributed by atoms with van der Waals surface area (Å²) in [5.74, 6) is -0.804. The number of rotatable bonds is 41. The van der Waals surface area contributed by atoms with E-state index in [1.807, 2.05) is 21.1 Å². The average Bonchev–Trinajstić information content (AvgIpc) is 3.09. The normalized spacial score (nSPS) is 14.0. The summed E-state index contributed by atoms with van der Waals surface area (Å²) in [6.07, 6.45) is 42.2. The highest BCUT2D eigenvalue weighted by Crippen LogP contribution is 2.28. The monoisotopic (exact) mass is 726 g/mol. The Labute approximate surface area is 319 Å². The van der Waals surface area contributed by atoms with Crippen molar-refractivity contribution in [3.05, 3.63) is 0 Å². The molecule has 0 fully saturated rings. The standard InChI is InChI=1S/C45H92N2O4/c1-6-8-10-12-14-16-18-20-22-24-26-28-30-32-34-36-42(38-40-48)46(44(45(50)51)47(3,4)5)43(39-41-49)37-35-33-31-29-27-25-23-21-19-17-15-13-11-9-7-2/h42-44,48-49H,6-41H2,1-5H3/p+1. The molecular formula is C45H93N2O4+. The van der Waals surface area contributed by atoms with E-state index in [9.17, 15) is 20.1 Å². The van der Waals surface area contributed by atoms with Gasteiger partial charge in [0.2, 0.25) is 6.17 Å². The van der Waals surface area contributed by atoms with Crippen molar-refractivity contribution in [2.45, 2.75) is 250 Å². The summed E-state index contributed by atoms with van der Waals surface area (Å²) in [5, 5.41) is 30.8. The van der Waals surface area contributed by atoms with E-state index in [2.05, 4.69) is 18.7 Å². The lowest BCUT2D eigenvalue weighted by Crippen LogP contribution is -2.64. The smallest absolute Gasteiger partial charge is 0.379 e. The number of unbranched alkanes of at least 4 members (excludes halogenated alkanes) is 28. The second-order valence-corrected chi connectivity index (χ2v) is 17.1. The van der Waals surface area contributed by atoms with E-state index in [1.165, 1.54) is 180 Å². The first kappa shape index (κ1) is 50.3. The fourth-order valence-corrected chi connectivity index (χ4v) is 8.24. The fourth-order valence-electron chi connectivity index (χ4n) is 8.24. The molecular weight excluding hydrogens is 633 g/mol. The van der Waals surface area contributed by atoms with Crippen molar-refractivity contribution in [3.63, 3.8) is 0 Å². The number of aliphatic carboxylic acids is 1. The number of quaternary nitrogens is 1. The number of likely N-dealkylation sites (N-methyl/N-ethyl adjacent to an activating group) is 1. The quantitative estimate of drug-likeness (QED) is 0.0332. The van der Waals surface area contributed by atoms with Gasteiger partial charge in [-0.25, -0.2) is 9.69 Å². The number of nitrogens with zero attached hydrogens (tertiary/aromatic N) is 2. The molecule has 0 aromatic carbocycles. The van der Waals surface area contributed by atoms with Gasteiger partial charge < -0.3 is 19.8 Å². The van der Waals surface area contributed by atoms with E-state index >= 15 is 0 Å². The van der Waals surface area contributed by atoms with E-state index in [4.69, 9.17) is 0 Å². The zero-order valence-corrected chi connectivity index (χ0v) is 35.3. The van der Waals surface area contributed by atoms with Crippen molar-refractivity contribution in [3.8, 4) is 0 Å². The van der Waals surface area contributed by atoms with E-state index < -0.39 is 12.1 Å². The van der Waals surface area contributed by atoms with Gasteiger partial charge in [-0.15, -0.1) is 0 Å². The van der Waals surface area contributed by atoms with Crippen molar-refractivity contribution in [1.29, 1.82) is 0 Å². The Kier molecular flexibility index (Phi) is 35.8. The summed E-state index contributed by atoms with van der Waals surface area (Å²) in [4.78, 5) is 15.1. The third-order valence-corrected chi connectivity index (χ3v) is 11.3. The van der Waals surface area contributed by atoms with Crippen LogP contribution >= 0.6 is 0 Å². The number of carbonyl (C=O) groups is 1. The Morgan fingerprint density at radius 1 is 0.431 bits per heavy atom. The molecule has 3 N–H and O–H groups in total. The van der Waals surface area contributed by atoms with Crippen LogP contribution in [0.1, 0.15) is 232 Å². The maximum Gasteiger partial charge on any atom is 0.379 e. The van der Waals surface area contributed by atoms with Crippen LogP contribution < -0.4 is 0 Å².